The summed E-state index contributed by atoms with van der Waals surface area (Å²) in [5.74, 6) is -2.08. The lowest BCUT2D eigenvalue weighted by molar-refractivity contribution is -0.231. The van der Waals surface area contributed by atoms with Gasteiger partial charge in [0, 0.05) is 29.1 Å². The zero-order chi connectivity index (χ0) is 33.0. The molecule has 46 heavy (non-hydrogen) atoms. The highest BCUT2D eigenvalue weighted by Crippen LogP contribution is 2.49. The van der Waals surface area contributed by atoms with E-state index in [1.165, 1.54) is 6.92 Å². The highest BCUT2D eigenvalue weighted by atomic mass is 35.5. The van der Waals surface area contributed by atoms with Crippen LogP contribution in [0, 0.1) is 23.7 Å². The van der Waals surface area contributed by atoms with E-state index in [1.807, 2.05) is 18.2 Å². The molecule has 1 spiro atoms. The number of hydrogen-bond donors (Lipinski definition) is 2. The molecule has 4 aliphatic rings. The fraction of sp³-hybridized carbons (Fsp3) is 0.618. The van der Waals surface area contributed by atoms with Crippen LogP contribution in [0.2, 0.25) is 5.02 Å². The monoisotopic (exact) mass is 682 g/mol. The molecule has 12 heteroatoms. The van der Waals surface area contributed by atoms with Crippen molar-refractivity contribution in [3.8, 4) is 5.75 Å². The molecule has 2 aliphatic carbocycles. The van der Waals surface area contributed by atoms with Gasteiger partial charge in [-0.15, -0.1) is 0 Å². The van der Waals surface area contributed by atoms with Gasteiger partial charge in [-0.25, -0.2) is 13.1 Å². The number of ether oxygens (including phenoxy) is 1. The summed E-state index contributed by atoms with van der Waals surface area (Å²) in [6.45, 7) is 4.52. The number of aliphatic hydroxyl groups is 1. The predicted octanol–water partition coefficient (Wildman–Crippen LogP) is 6.65. The van der Waals surface area contributed by atoms with E-state index in [4.69, 9.17) is 16.3 Å². The molecule has 2 N–H and O–H groups in total. The Morgan fingerprint density at radius 2 is 1.87 bits per heavy atom. The second-order valence-corrected chi connectivity index (χ2v) is 16.5. The van der Waals surface area contributed by atoms with Crippen LogP contribution in [0.3, 0.4) is 0 Å². The highest BCUT2D eigenvalue weighted by Gasteiger charge is 2.51. The molecule has 0 unspecified atom stereocenters. The Labute approximate surface area is 273 Å². The Bertz CT molecular complexity index is 1590. The topological polar surface area (TPSA) is 95.9 Å². The minimum Gasteiger partial charge on any atom is -0.490 e. The van der Waals surface area contributed by atoms with E-state index < -0.39 is 50.7 Å². The largest absolute Gasteiger partial charge is 0.490 e. The standard InChI is InChI=1S/C34H42ClF3N2O5S/c1-20-5-3-7-27(31(41)34(36,37)38)26-11-8-24(26)17-40-18-33(14-4-6-22-15-25(35)10-12-28(22)33)19-45-30-13-9-23(16-29(30)40)32(42)39-46(43,44)21(20)2/h9-10,12-13,15-16,20-21,24,26-27,31,41H,3-8,11,14,17-19H2,1-2H3,(H,39,42)/t20-,21+,24-,26+,27-,31-,33-/m0/s1. The Morgan fingerprint density at radius 3 is 2.59 bits per heavy atom. The van der Waals surface area contributed by atoms with Gasteiger partial charge in [-0.2, -0.15) is 13.2 Å². The van der Waals surface area contributed by atoms with Crippen molar-refractivity contribution in [1.29, 1.82) is 0 Å². The van der Waals surface area contributed by atoms with Gasteiger partial charge in [0.1, 0.15) is 5.75 Å². The third-order valence-corrected chi connectivity index (χ3v) is 13.4. The number of alkyl halides is 3. The number of carbonyl (C=O) groups is 1. The SMILES string of the molecule is C[C@@H]1[C@@H](C)CCC[C@H]([C@H](O)C(F)(F)F)[C@@H]2CC[C@H]2CN2C[C@@]3(CCCc4cc(Cl)ccc43)COc3ccc(cc32)C(=O)NS1(=O)=O. The molecule has 0 radical (unpaired) electrons. The van der Waals surface area contributed by atoms with Crippen molar-refractivity contribution < 1.29 is 36.2 Å². The van der Waals surface area contributed by atoms with E-state index in [-0.39, 0.29) is 23.8 Å². The quantitative estimate of drug-likeness (QED) is 0.350. The van der Waals surface area contributed by atoms with E-state index in [9.17, 15) is 31.5 Å². The summed E-state index contributed by atoms with van der Waals surface area (Å²) in [7, 11) is -4.08. The number of nitrogens with one attached hydrogen (secondary N) is 1. The Balaban J connectivity index is 1.43. The van der Waals surface area contributed by atoms with Crippen LogP contribution in [0.4, 0.5) is 18.9 Å². The molecule has 1 amide bonds. The number of anilines is 1. The maximum Gasteiger partial charge on any atom is 0.414 e. The van der Waals surface area contributed by atoms with E-state index in [1.54, 1.807) is 25.1 Å². The van der Waals surface area contributed by atoms with Gasteiger partial charge < -0.3 is 14.7 Å². The molecule has 2 aromatic rings. The Morgan fingerprint density at radius 1 is 1.09 bits per heavy atom. The molecule has 2 aromatic carbocycles. The molecule has 252 valence electrons. The molecule has 2 aliphatic heterocycles. The van der Waals surface area contributed by atoms with Crippen LogP contribution in [0.5, 0.6) is 5.75 Å². The van der Waals surface area contributed by atoms with E-state index in [2.05, 4.69) is 9.62 Å². The van der Waals surface area contributed by atoms with E-state index in [0.717, 1.165) is 36.8 Å². The zero-order valence-corrected chi connectivity index (χ0v) is 27.7. The first-order valence-electron chi connectivity index (χ1n) is 16.3. The number of halogens is 4. The van der Waals surface area contributed by atoms with Crippen molar-refractivity contribution in [3.05, 3.63) is 58.1 Å². The van der Waals surface area contributed by atoms with Gasteiger partial charge in [-0.3, -0.25) is 4.79 Å². The minimum absolute atomic E-state index is 0.111. The molecule has 1 fully saturated rings. The van der Waals surface area contributed by atoms with Crippen LogP contribution in [-0.4, -0.2) is 56.7 Å². The van der Waals surface area contributed by atoms with Crippen molar-refractivity contribution in [3.63, 3.8) is 0 Å². The highest BCUT2D eigenvalue weighted by molar-refractivity contribution is 7.90. The number of nitrogens with zero attached hydrogens (tertiary/aromatic N) is 1. The van der Waals surface area contributed by atoms with Gasteiger partial charge in [0.25, 0.3) is 5.91 Å². The number of carbonyl (C=O) groups excluding carboxylic acids is 1. The fourth-order valence-corrected chi connectivity index (χ4v) is 9.77. The van der Waals surface area contributed by atoms with Gasteiger partial charge in [0.2, 0.25) is 10.0 Å². The smallest absolute Gasteiger partial charge is 0.414 e. The first-order chi connectivity index (χ1) is 21.7. The first kappa shape index (κ1) is 33.4. The molecule has 0 saturated heterocycles. The maximum absolute atomic E-state index is 14.0. The van der Waals surface area contributed by atoms with Gasteiger partial charge in [-0.05, 0) is 117 Å². The summed E-state index contributed by atoms with van der Waals surface area (Å²) in [6.07, 6.45) is -2.47. The molecule has 7 atom stereocenters. The lowest BCUT2D eigenvalue weighted by Crippen LogP contribution is -2.51. The predicted molar refractivity (Wildman–Crippen MR) is 171 cm³/mol. The summed E-state index contributed by atoms with van der Waals surface area (Å²) in [5.41, 5.74) is 2.61. The second-order valence-electron chi connectivity index (χ2n) is 14.0. The zero-order valence-electron chi connectivity index (χ0n) is 26.2. The molecular weight excluding hydrogens is 641 g/mol. The van der Waals surface area contributed by atoms with E-state index >= 15 is 0 Å². The average molecular weight is 683 g/mol. The molecule has 2 bridgehead atoms. The van der Waals surface area contributed by atoms with Crippen molar-refractivity contribution in [1.82, 2.24) is 4.72 Å². The van der Waals surface area contributed by atoms with Gasteiger partial charge >= 0.3 is 6.18 Å². The Hall–Kier alpha value is -2.50. The number of aliphatic hydroxyl groups excluding tert-OH is 1. The van der Waals surface area contributed by atoms with Crippen molar-refractivity contribution >= 4 is 33.2 Å². The van der Waals surface area contributed by atoms with Gasteiger partial charge in [-0.1, -0.05) is 31.0 Å². The third-order valence-electron chi connectivity index (χ3n) is 11.2. The molecule has 7 nitrogen and oxygen atoms in total. The first-order valence-corrected chi connectivity index (χ1v) is 18.2. The maximum atomic E-state index is 14.0. The number of hydrogen-bond acceptors (Lipinski definition) is 6. The summed E-state index contributed by atoms with van der Waals surface area (Å²) in [4.78, 5) is 15.5. The van der Waals surface area contributed by atoms with Crippen LogP contribution in [0.25, 0.3) is 0 Å². The van der Waals surface area contributed by atoms with Crippen LogP contribution < -0.4 is 14.4 Å². The van der Waals surface area contributed by atoms with E-state index in [0.29, 0.717) is 55.4 Å². The van der Waals surface area contributed by atoms with Crippen molar-refractivity contribution in [2.45, 2.75) is 88.2 Å². The molecular formula is C34H42ClF3N2O5S. The molecule has 0 aromatic heterocycles. The molecule has 2 heterocycles. The lowest BCUT2D eigenvalue weighted by atomic mass is 9.63. The number of sulfonamides is 1. The van der Waals surface area contributed by atoms with Crippen LogP contribution in [-0.2, 0) is 21.9 Å². The van der Waals surface area contributed by atoms with Crippen LogP contribution >= 0.6 is 11.6 Å². The normalized spacial score (nSPS) is 32.2. The second kappa shape index (κ2) is 12.5. The van der Waals surface area contributed by atoms with Crippen molar-refractivity contribution in [2.75, 3.05) is 24.6 Å². The average Bonchev–Trinajstić information content (AvgIpc) is 3.13. The number of benzene rings is 2. The Kier molecular flexibility index (Phi) is 9.08. The number of amides is 1. The fourth-order valence-electron chi connectivity index (χ4n) is 8.27. The van der Waals surface area contributed by atoms with Crippen molar-refractivity contribution in [2.24, 2.45) is 23.7 Å². The molecule has 6 rings (SSSR count). The summed E-state index contributed by atoms with van der Waals surface area (Å²) >= 11 is 6.36. The number of rotatable bonds is 1. The molecule has 1 saturated carbocycles. The van der Waals surface area contributed by atoms with Gasteiger partial charge in [0.05, 0.1) is 17.5 Å². The van der Waals surface area contributed by atoms with Gasteiger partial charge in [0.15, 0.2) is 6.10 Å². The minimum atomic E-state index is -4.76. The number of aryl methyl sites for hydroxylation is 1. The summed E-state index contributed by atoms with van der Waals surface area (Å²) < 4.78 is 77.3. The third kappa shape index (κ3) is 6.35. The lowest BCUT2D eigenvalue weighted by Gasteiger charge is -2.48. The summed E-state index contributed by atoms with van der Waals surface area (Å²) in [5, 5.41) is 10.3. The van der Waals surface area contributed by atoms with Crippen LogP contribution in [0.15, 0.2) is 36.4 Å². The number of fused-ring (bicyclic) bond motifs is 4. The van der Waals surface area contributed by atoms with Crippen LogP contribution in [0.1, 0.15) is 80.3 Å². The summed E-state index contributed by atoms with van der Waals surface area (Å²) in [6, 6.07) is 10.8.